The zero-order valence-corrected chi connectivity index (χ0v) is 11.2. The molecule has 20 heavy (non-hydrogen) atoms. The number of aryl methyl sites for hydroxylation is 1. The minimum Gasteiger partial charge on any atom is -0.338 e. The molecule has 0 aliphatic rings. The number of benzene rings is 1. The first-order valence-corrected chi connectivity index (χ1v) is 5.99. The second kappa shape index (κ2) is 5.52. The predicted molar refractivity (Wildman–Crippen MR) is 73.4 cm³/mol. The second-order valence-electron chi connectivity index (χ2n) is 4.39. The van der Waals surface area contributed by atoms with E-state index in [-0.39, 0.29) is 18.0 Å². The molecule has 7 nitrogen and oxygen atoms in total. The monoisotopic (exact) mass is 274 g/mol. The van der Waals surface area contributed by atoms with Crippen LogP contribution in [0.15, 0.2) is 30.6 Å². The van der Waals surface area contributed by atoms with Gasteiger partial charge in [0.1, 0.15) is 5.82 Å². The Hall–Kier alpha value is -2.70. The summed E-state index contributed by atoms with van der Waals surface area (Å²) in [5.74, 6) is 0.369. The summed E-state index contributed by atoms with van der Waals surface area (Å²) in [6, 6.07) is 4.59. The van der Waals surface area contributed by atoms with Gasteiger partial charge in [0.05, 0.1) is 22.6 Å². The Balaban J connectivity index is 2.14. The molecule has 0 unspecified atom stereocenters. The Labute approximate surface area is 115 Å². The van der Waals surface area contributed by atoms with Gasteiger partial charge in [0, 0.05) is 25.5 Å². The molecule has 0 radical (unpaired) electrons. The molecule has 0 bridgehead atoms. The molecule has 0 saturated heterocycles. The largest absolute Gasteiger partial charge is 0.338 e. The van der Waals surface area contributed by atoms with Gasteiger partial charge in [0.25, 0.3) is 5.69 Å². The number of anilines is 1. The van der Waals surface area contributed by atoms with E-state index in [4.69, 9.17) is 0 Å². The third kappa shape index (κ3) is 2.82. The average Bonchev–Trinajstić information content (AvgIpc) is 2.77. The number of hydrogen-bond acceptors (Lipinski definition) is 4. The van der Waals surface area contributed by atoms with Gasteiger partial charge in [0.15, 0.2) is 0 Å². The van der Waals surface area contributed by atoms with Crippen LogP contribution in [0, 0.1) is 17.0 Å². The summed E-state index contributed by atoms with van der Waals surface area (Å²) in [4.78, 5) is 26.4. The van der Waals surface area contributed by atoms with Crippen LogP contribution >= 0.6 is 0 Å². The van der Waals surface area contributed by atoms with Crippen molar-refractivity contribution < 1.29 is 9.72 Å². The molecule has 1 N–H and O–H groups in total. The number of aromatic nitrogens is 2. The summed E-state index contributed by atoms with van der Waals surface area (Å²) < 4.78 is 1.75. The molecule has 0 fully saturated rings. The lowest BCUT2D eigenvalue weighted by atomic mass is 10.1. The quantitative estimate of drug-likeness (QED) is 0.680. The Morgan fingerprint density at radius 3 is 2.85 bits per heavy atom. The zero-order valence-electron chi connectivity index (χ0n) is 11.2. The summed E-state index contributed by atoms with van der Waals surface area (Å²) in [7, 11) is 1.80. The molecule has 2 rings (SSSR count). The van der Waals surface area contributed by atoms with E-state index in [9.17, 15) is 14.9 Å². The molecule has 104 valence electrons. The number of amides is 1. The van der Waals surface area contributed by atoms with Crippen LogP contribution in [0.3, 0.4) is 0 Å². The van der Waals surface area contributed by atoms with Gasteiger partial charge in [-0.15, -0.1) is 0 Å². The van der Waals surface area contributed by atoms with Crippen LogP contribution in [-0.4, -0.2) is 20.4 Å². The fraction of sp³-hybridized carbons (Fsp3) is 0.231. The Kier molecular flexibility index (Phi) is 3.79. The van der Waals surface area contributed by atoms with Crippen molar-refractivity contribution in [2.45, 2.75) is 13.3 Å². The molecule has 0 spiro atoms. The molecule has 1 aromatic carbocycles. The van der Waals surface area contributed by atoms with E-state index in [0.717, 1.165) is 0 Å². The normalized spacial score (nSPS) is 10.3. The molecular formula is C13H14N4O3. The number of hydrogen-bond donors (Lipinski definition) is 1. The number of nitro groups is 1. The number of carbonyl (C=O) groups excluding carboxylic acids is 1. The smallest absolute Gasteiger partial charge is 0.274 e. The van der Waals surface area contributed by atoms with E-state index in [1.54, 1.807) is 43.1 Å². The van der Waals surface area contributed by atoms with Crippen molar-refractivity contribution in [3.63, 3.8) is 0 Å². The van der Waals surface area contributed by atoms with Crippen LogP contribution in [0.1, 0.15) is 11.4 Å². The van der Waals surface area contributed by atoms with Crippen molar-refractivity contribution in [2.75, 3.05) is 5.32 Å². The highest BCUT2D eigenvalue weighted by molar-refractivity contribution is 5.93. The van der Waals surface area contributed by atoms with Crippen molar-refractivity contribution in [3.8, 4) is 0 Å². The highest BCUT2D eigenvalue weighted by Gasteiger charge is 2.15. The lowest BCUT2D eigenvalue weighted by Gasteiger charge is -2.08. The van der Waals surface area contributed by atoms with E-state index in [2.05, 4.69) is 10.3 Å². The van der Waals surface area contributed by atoms with Crippen molar-refractivity contribution in [1.29, 1.82) is 0 Å². The van der Waals surface area contributed by atoms with E-state index >= 15 is 0 Å². The number of nitrogens with one attached hydrogen (secondary N) is 1. The van der Waals surface area contributed by atoms with Crippen molar-refractivity contribution in [3.05, 3.63) is 52.1 Å². The van der Waals surface area contributed by atoms with Crippen LogP contribution < -0.4 is 5.32 Å². The van der Waals surface area contributed by atoms with Crippen LogP contribution in [0.5, 0.6) is 0 Å². The third-order valence-corrected chi connectivity index (χ3v) is 3.02. The highest BCUT2D eigenvalue weighted by Crippen LogP contribution is 2.25. The topological polar surface area (TPSA) is 90.1 Å². The molecule has 7 heteroatoms. The van der Waals surface area contributed by atoms with E-state index in [0.29, 0.717) is 17.1 Å². The van der Waals surface area contributed by atoms with E-state index < -0.39 is 4.92 Å². The summed E-state index contributed by atoms with van der Waals surface area (Å²) in [6.07, 6.45) is 3.48. The molecule has 1 aromatic heterocycles. The fourth-order valence-corrected chi connectivity index (χ4v) is 1.86. The number of nitrogens with zero attached hydrogens (tertiary/aromatic N) is 3. The van der Waals surface area contributed by atoms with E-state index in [1.807, 2.05) is 0 Å². The summed E-state index contributed by atoms with van der Waals surface area (Å²) in [6.45, 7) is 1.61. The summed E-state index contributed by atoms with van der Waals surface area (Å²) in [5, 5.41) is 13.5. The Morgan fingerprint density at radius 1 is 1.50 bits per heavy atom. The predicted octanol–water partition coefficient (Wildman–Crippen LogP) is 1.82. The van der Waals surface area contributed by atoms with Crippen LogP contribution in [0.25, 0.3) is 0 Å². The third-order valence-electron chi connectivity index (χ3n) is 3.02. The molecule has 0 aliphatic carbocycles. The zero-order chi connectivity index (χ0) is 14.7. The number of rotatable bonds is 4. The van der Waals surface area contributed by atoms with Gasteiger partial charge < -0.3 is 9.88 Å². The van der Waals surface area contributed by atoms with Crippen molar-refractivity contribution in [2.24, 2.45) is 7.05 Å². The number of imidazole rings is 1. The lowest BCUT2D eigenvalue weighted by molar-refractivity contribution is -0.385. The molecule has 0 aliphatic heterocycles. The lowest BCUT2D eigenvalue weighted by Crippen LogP contribution is -2.17. The number of carbonyl (C=O) groups is 1. The van der Waals surface area contributed by atoms with Gasteiger partial charge in [-0.1, -0.05) is 6.07 Å². The van der Waals surface area contributed by atoms with Gasteiger partial charge in [-0.3, -0.25) is 14.9 Å². The van der Waals surface area contributed by atoms with Gasteiger partial charge in [0.2, 0.25) is 5.91 Å². The maximum Gasteiger partial charge on any atom is 0.274 e. The minimum atomic E-state index is -0.469. The van der Waals surface area contributed by atoms with Gasteiger partial charge >= 0.3 is 0 Å². The van der Waals surface area contributed by atoms with Crippen LogP contribution in [0.2, 0.25) is 0 Å². The molecule has 2 aromatic rings. The summed E-state index contributed by atoms with van der Waals surface area (Å²) in [5.41, 5.74) is 0.865. The SMILES string of the molecule is Cc1c(NC(=O)Cc2nccn2C)cccc1[N+](=O)[O-]. The van der Waals surface area contributed by atoms with Gasteiger partial charge in [-0.05, 0) is 13.0 Å². The standard InChI is InChI=1S/C13H14N4O3/c1-9-10(4-3-5-11(9)17(19)20)15-13(18)8-12-14-6-7-16(12)2/h3-7H,8H2,1-2H3,(H,15,18). The first-order chi connectivity index (χ1) is 9.49. The van der Waals surface area contributed by atoms with Crippen LogP contribution in [-0.2, 0) is 18.3 Å². The fourth-order valence-electron chi connectivity index (χ4n) is 1.86. The van der Waals surface area contributed by atoms with Crippen molar-refractivity contribution in [1.82, 2.24) is 9.55 Å². The first kappa shape index (κ1) is 13.7. The summed E-state index contributed by atoms with van der Waals surface area (Å²) >= 11 is 0. The Morgan fingerprint density at radius 2 is 2.25 bits per heavy atom. The average molecular weight is 274 g/mol. The van der Waals surface area contributed by atoms with Gasteiger partial charge in [-0.25, -0.2) is 4.98 Å². The minimum absolute atomic E-state index is 0.0141. The van der Waals surface area contributed by atoms with E-state index in [1.165, 1.54) is 6.07 Å². The Bertz CT molecular complexity index is 663. The van der Waals surface area contributed by atoms with Crippen LogP contribution in [0.4, 0.5) is 11.4 Å². The number of nitro benzene ring substituents is 1. The molecule has 0 saturated carbocycles. The molecule has 1 heterocycles. The molecule has 1 amide bonds. The van der Waals surface area contributed by atoms with Gasteiger partial charge in [-0.2, -0.15) is 0 Å². The maximum absolute atomic E-state index is 11.9. The maximum atomic E-state index is 11.9. The molecular weight excluding hydrogens is 260 g/mol. The second-order valence-corrected chi connectivity index (χ2v) is 4.39. The first-order valence-electron chi connectivity index (χ1n) is 5.99. The molecule has 0 atom stereocenters. The van der Waals surface area contributed by atoms with Crippen molar-refractivity contribution >= 4 is 17.3 Å². The highest BCUT2D eigenvalue weighted by atomic mass is 16.6.